The summed E-state index contributed by atoms with van der Waals surface area (Å²) in [4.78, 5) is 23.8. The fourth-order valence-electron chi connectivity index (χ4n) is 2.89. The van der Waals surface area contributed by atoms with Crippen LogP contribution in [-0.2, 0) is 16.2 Å². The van der Waals surface area contributed by atoms with Gasteiger partial charge in [0, 0.05) is 39.1 Å². The van der Waals surface area contributed by atoms with Gasteiger partial charge in [-0.3, -0.25) is 19.5 Å². The number of carbonyl (C=O) groups is 1. The van der Waals surface area contributed by atoms with Gasteiger partial charge in [-0.25, -0.2) is 5.06 Å². The highest BCUT2D eigenvalue weighted by atomic mass is 16.7. The Labute approximate surface area is 113 Å². The van der Waals surface area contributed by atoms with Gasteiger partial charge in [0.15, 0.2) is 0 Å². The van der Waals surface area contributed by atoms with Gasteiger partial charge >= 0.3 is 0 Å². The summed E-state index contributed by atoms with van der Waals surface area (Å²) in [5.74, 6) is 0.0996. The SMILES string of the molecule is CN1OC2(CCN(Cc3ccncc3)CC2)CC1=O. The molecule has 0 bridgehead atoms. The molecular weight excluding hydrogens is 242 g/mol. The van der Waals surface area contributed by atoms with E-state index in [1.807, 2.05) is 24.5 Å². The second-order valence-electron chi connectivity index (χ2n) is 5.47. The molecule has 0 aromatic carbocycles. The standard InChI is InChI=1S/C14H19N3O2/c1-16-13(18)10-14(19-16)4-8-17(9-5-14)11-12-2-6-15-7-3-12/h2-3,6-7H,4-5,8-11H2,1H3. The Morgan fingerprint density at radius 3 is 2.58 bits per heavy atom. The Kier molecular flexibility index (Phi) is 3.24. The molecule has 2 saturated heterocycles. The third kappa shape index (κ3) is 2.62. The van der Waals surface area contributed by atoms with Crippen LogP contribution < -0.4 is 0 Å². The zero-order chi connectivity index (χ0) is 13.3. The lowest BCUT2D eigenvalue weighted by Gasteiger charge is -2.37. The van der Waals surface area contributed by atoms with Gasteiger partial charge in [-0.2, -0.15) is 0 Å². The number of amides is 1. The highest BCUT2D eigenvalue weighted by molar-refractivity contribution is 5.77. The summed E-state index contributed by atoms with van der Waals surface area (Å²) < 4.78 is 0. The number of nitrogens with zero attached hydrogens (tertiary/aromatic N) is 3. The first-order valence-corrected chi connectivity index (χ1v) is 6.74. The second kappa shape index (κ2) is 4.90. The molecule has 0 saturated carbocycles. The molecule has 5 heteroatoms. The van der Waals surface area contributed by atoms with E-state index in [0.29, 0.717) is 6.42 Å². The molecule has 1 spiro atoms. The first-order chi connectivity index (χ1) is 9.17. The van der Waals surface area contributed by atoms with Crippen LogP contribution in [0.5, 0.6) is 0 Å². The van der Waals surface area contributed by atoms with Crippen molar-refractivity contribution in [1.82, 2.24) is 14.9 Å². The number of hydrogen-bond donors (Lipinski definition) is 0. The molecule has 2 fully saturated rings. The summed E-state index contributed by atoms with van der Waals surface area (Å²) in [5, 5.41) is 1.40. The number of hydrogen-bond acceptors (Lipinski definition) is 4. The normalized spacial score (nSPS) is 23.2. The van der Waals surface area contributed by atoms with Crippen molar-refractivity contribution < 1.29 is 9.63 Å². The molecule has 0 atom stereocenters. The van der Waals surface area contributed by atoms with Crippen LogP contribution >= 0.6 is 0 Å². The van der Waals surface area contributed by atoms with Gasteiger partial charge in [-0.1, -0.05) is 0 Å². The fraction of sp³-hybridized carbons (Fsp3) is 0.571. The maximum atomic E-state index is 11.6. The first kappa shape index (κ1) is 12.6. The van der Waals surface area contributed by atoms with E-state index in [2.05, 4.69) is 9.88 Å². The van der Waals surface area contributed by atoms with Gasteiger partial charge in [0.05, 0.1) is 6.42 Å². The molecule has 0 unspecified atom stereocenters. The van der Waals surface area contributed by atoms with Crippen molar-refractivity contribution in [3.05, 3.63) is 30.1 Å². The minimum absolute atomic E-state index is 0.0996. The van der Waals surface area contributed by atoms with Crippen LogP contribution in [0.2, 0.25) is 0 Å². The number of pyridine rings is 1. The third-order valence-corrected chi connectivity index (χ3v) is 4.08. The van der Waals surface area contributed by atoms with E-state index in [1.54, 1.807) is 7.05 Å². The molecule has 2 aliphatic heterocycles. The van der Waals surface area contributed by atoms with Crippen molar-refractivity contribution in [3.8, 4) is 0 Å². The molecule has 3 heterocycles. The van der Waals surface area contributed by atoms with Crippen LogP contribution in [0.3, 0.4) is 0 Å². The predicted octanol–water partition coefficient (Wildman–Crippen LogP) is 1.21. The van der Waals surface area contributed by atoms with Crippen LogP contribution in [0.15, 0.2) is 24.5 Å². The van der Waals surface area contributed by atoms with Crippen molar-refractivity contribution >= 4 is 5.91 Å². The lowest BCUT2D eigenvalue weighted by molar-refractivity contribution is -0.199. The predicted molar refractivity (Wildman–Crippen MR) is 70.0 cm³/mol. The lowest BCUT2D eigenvalue weighted by atomic mass is 9.88. The molecular formula is C14H19N3O2. The average Bonchev–Trinajstić information content (AvgIpc) is 2.69. The zero-order valence-corrected chi connectivity index (χ0v) is 11.2. The van der Waals surface area contributed by atoms with Gasteiger partial charge in [-0.15, -0.1) is 0 Å². The quantitative estimate of drug-likeness (QED) is 0.803. The molecule has 2 aliphatic rings. The summed E-state index contributed by atoms with van der Waals surface area (Å²) in [6.07, 6.45) is 6.04. The van der Waals surface area contributed by atoms with E-state index in [-0.39, 0.29) is 11.5 Å². The van der Waals surface area contributed by atoms with Gasteiger partial charge in [0.2, 0.25) is 5.91 Å². The van der Waals surface area contributed by atoms with E-state index in [9.17, 15) is 4.79 Å². The molecule has 0 aliphatic carbocycles. The average molecular weight is 261 g/mol. The van der Waals surface area contributed by atoms with Crippen LogP contribution in [0.4, 0.5) is 0 Å². The molecule has 3 rings (SSSR count). The molecule has 1 aromatic heterocycles. The number of rotatable bonds is 2. The largest absolute Gasteiger partial charge is 0.299 e. The second-order valence-corrected chi connectivity index (χ2v) is 5.47. The Morgan fingerprint density at radius 1 is 1.32 bits per heavy atom. The molecule has 1 aromatic rings. The summed E-state index contributed by atoms with van der Waals surface area (Å²) in [5.41, 5.74) is 1.05. The van der Waals surface area contributed by atoms with Crippen LogP contribution in [0, 0.1) is 0 Å². The van der Waals surface area contributed by atoms with Gasteiger partial charge in [0.1, 0.15) is 5.60 Å². The molecule has 0 radical (unpaired) electrons. The highest BCUT2D eigenvalue weighted by Gasteiger charge is 2.45. The Bertz CT molecular complexity index is 455. The van der Waals surface area contributed by atoms with Crippen molar-refractivity contribution in [2.45, 2.75) is 31.4 Å². The fourth-order valence-corrected chi connectivity index (χ4v) is 2.89. The van der Waals surface area contributed by atoms with E-state index >= 15 is 0 Å². The molecule has 19 heavy (non-hydrogen) atoms. The Morgan fingerprint density at radius 2 is 2.00 bits per heavy atom. The van der Waals surface area contributed by atoms with Crippen LogP contribution in [0.1, 0.15) is 24.8 Å². The van der Waals surface area contributed by atoms with Crippen molar-refractivity contribution in [2.24, 2.45) is 0 Å². The van der Waals surface area contributed by atoms with Crippen LogP contribution in [-0.4, -0.2) is 46.6 Å². The van der Waals surface area contributed by atoms with Gasteiger partial charge in [-0.05, 0) is 30.5 Å². The Balaban J connectivity index is 1.57. The van der Waals surface area contributed by atoms with Gasteiger partial charge < -0.3 is 0 Å². The minimum atomic E-state index is -0.236. The maximum absolute atomic E-state index is 11.6. The van der Waals surface area contributed by atoms with Crippen molar-refractivity contribution in [2.75, 3.05) is 20.1 Å². The first-order valence-electron chi connectivity index (χ1n) is 6.74. The van der Waals surface area contributed by atoms with E-state index in [1.165, 1.54) is 10.6 Å². The monoisotopic (exact) mass is 261 g/mol. The third-order valence-electron chi connectivity index (χ3n) is 4.08. The minimum Gasteiger partial charge on any atom is -0.299 e. The lowest BCUT2D eigenvalue weighted by Crippen LogP contribution is -2.44. The molecule has 102 valence electrons. The summed E-state index contributed by atoms with van der Waals surface area (Å²) in [6, 6.07) is 4.10. The topological polar surface area (TPSA) is 45.7 Å². The van der Waals surface area contributed by atoms with Gasteiger partial charge in [0.25, 0.3) is 0 Å². The van der Waals surface area contributed by atoms with Crippen molar-refractivity contribution in [1.29, 1.82) is 0 Å². The van der Waals surface area contributed by atoms with Crippen molar-refractivity contribution in [3.63, 3.8) is 0 Å². The number of aromatic nitrogens is 1. The highest BCUT2D eigenvalue weighted by Crippen LogP contribution is 2.35. The van der Waals surface area contributed by atoms with Crippen LogP contribution in [0.25, 0.3) is 0 Å². The summed E-state index contributed by atoms with van der Waals surface area (Å²) >= 11 is 0. The maximum Gasteiger partial charge on any atom is 0.248 e. The number of piperidine rings is 1. The number of hydroxylamine groups is 2. The van der Waals surface area contributed by atoms with E-state index in [4.69, 9.17) is 4.84 Å². The number of likely N-dealkylation sites (tertiary alicyclic amines) is 1. The zero-order valence-electron chi connectivity index (χ0n) is 11.2. The van der Waals surface area contributed by atoms with E-state index < -0.39 is 0 Å². The van der Waals surface area contributed by atoms with E-state index in [0.717, 1.165) is 32.5 Å². The number of carbonyl (C=O) groups excluding carboxylic acids is 1. The molecule has 1 amide bonds. The molecule has 0 N–H and O–H groups in total. The summed E-state index contributed by atoms with van der Waals surface area (Å²) in [6.45, 7) is 2.90. The summed E-state index contributed by atoms with van der Waals surface area (Å²) in [7, 11) is 1.71. The Hall–Kier alpha value is -1.46. The molecule has 5 nitrogen and oxygen atoms in total. The smallest absolute Gasteiger partial charge is 0.248 e.